The summed E-state index contributed by atoms with van der Waals surface area (Å²) in [7, 11) is -2.07. The van der Waals surface area contributed by atoms with Crippen molar-refractivity contribution in [2.24, 2.45) is 0 Å². The number of hydrogen-bond donors (Lipinski definition) is 2. The number of nitrogens with zero attached hydrogens (tertiary/aromatic N) is 1. The van der Waals surface area contributed by atoms with Crippen LogP contribution < -0.4 is 14.6 Å². The Morgan fingerprint density at radius 1 is 1.43 bits per heavy atom. The van der Waals surface area contributed by atoms with Crippen LogP contribution in [0.15, 0.2) is 42.4 Å². The molecule has 3 heterocycles. The maximum Gasteiger partial charge on any atom is 0.619 e. The molecule has 0 aromatic heterocycles. The molecule has 1 aromatic carbocycles. The molecule has 0 bridgehead atoms. The van der Waals surface area contributed by atoms with Crippen molar-refractivity contribution >= 4 is 20.4 Å². The largest absolute Gasteiger partial charge is 0.619 e. The Hall–Kier alpha value is -2.49. The van der Waals surface area contributed by atoms with Gasteiger partial charge in [-0.05, 0) is 18.9 Å². The SMILES string of the molecule is C=C1NC(=O)C(C=O)=CN1C1CCC(CO[P+]2(O)OCc3cccc(OC)c3O2)O1. The molecular weight excluding hydrogens is 415 g/mol. The molecule has 11 heteroatoms. The van der Waals surface area contributed by atoms with E-state index in [0.717, 1.165) is 5.56 Å². The van der Waals surface area contributed by atoms with Gasteiger partial charge in [-0.1, -0.05) is 18.7 Å². The minimum absolute atomic E-state index is 0.0115. The molecule has 1 aromatic rings. The Morgan fingerprint density at radius 2 is 2.27 bits per heavy atom. The van der Waals surface area contributed by atoms with Crippen molar-refractivity contribution in [1.82, 2.24) is 10.2 Å². The first-order chi connectivity index (χ1) is 14.4. The van der Waals surface area contributed by atoms with Gasteiger partial charge in [0.25, 0.3) is 5.91 Å². The van der Waals surface area contributed by atoms with Crippen LogP contribution in [-0.2, 0) is 30.0 Å². The van der Waals surface area contributed by atoms with Crippen molar-refractivity contribution in [3.05, 3.63) is 47.9 Å². The summed E-state index contributed by atoms with van der Waals surface area (Å²) >= 11 is 0. The molecule has 3 atom stereocenters. The van der Waals surface area contributed by atoms with E-state index in [2.05, 4.69) is 11.9 Å². The van der Waals surface area contributed by atoms with Gasteiger partial charge in [0, 0.05) is 11.8 Å². The second kappa shape index (κ2) is 8.33. The normalized spacial score (nSPS) is 28.3. The summed E-state index contributed by atoms with van der Waals surface area (Å²) in [4.78, 5) is 35.0. The van der Waals surface area contributed by atoms with Gasteiger partial charge in [0.2, 0.25) is 5.75 Å². The highest BCUT2D eigenvalue weighted by atomic mass is 31.2. The average Bonchev–Trinajstić information content (AvgIpc) is 3.21. The van der Waals surface area contributed by atoms with Crippen LogP contribution in [0.5, 0.6) is 11.5 Å². The molecule has 1 saturated heterocycles. The molecule has 3 aliphatic heterocycles. The molecule has 0 radical (unpaired) electrons. The monoisotopic (exact) mass is 437 g/mol. The third-order valence-electron chi connectivity index (χ3n) is 4.93. The predicted octanol–water partition coefficient (Wildman–Crippen LogP) is 1.78. The molecule has 4 rings (SSSR count). The Kier molecular flexibility index (Phi) is 5.77. The smallest absolute Gasteiger partial charge is 0.493 e. The van der Waals surface area contributed by atoms with E-state index >= 15 is 0 Å². The molecule has 0 saturated carbocycles. The quantitative estimate of drug-likeness (QED) is 0.390. The van der Waals surface area contributed by atoms with Crippen LogP contribution in [0, 0.1) is 0 Å². The van der Waals surface area contributed by atoms with E-state index in [4.69, 9.17) is 23.0 Å². The third kappa shape index (κ3) is 4.05. The number of rotatable bonds is 6. The Bertz CT molecular complexity index is 892. The molecule has 3 unspecified atom stereocenters. The predicted molar refractivity (Wildman–Crippen MR) is 105 cm³/mol. The number of fused-ring (bicyclic) bond motifs is 1. The van der Waals surface area contributed by atoms with Crippen molar-refractivity contribution < 1.29 is 37.5 Å². The molecule has 3 aliphatic rings. The number of aldehydes is 1. The zero-order chi connectivity index (χ0) is 21.3. The van der Waals surface area contributed by atoms with Gasteiger partial charge < -0.3 is 19.7 Å². The van der Waals surface area contributed by atoms with Gasteiger partial charge in [-0.2, -0.15) is 4.89 Å². The first kappa shape index (κ1) is 20.8. The van der Waals surface area contributed by atoms with Crippen LogP contribution in [0.3, 0.4) is 0 Å². The zero-order valence-corrected chi connectivity index (χ0v) is 17.2. The number of ether oxygens (including phenoxy) is 2. The van der Waals surface area contributed by atoms with Crippen molar-refractivity contribution in [2.75, 3.05) is 13.7 Å². The Balaban J connectivity index is 1.36. The fourth-order valence-corrected chi connectivity index (χ4v) is 4.66. The lowest BCUT2D eigenvalue weighted by atomic mass is 10.2. The molecule has 1 amide bonds. The van der Waals surface area contributed by atoms with Gasteiger partial charge in [0.1, 0.15) is 25.3 Å². The van der Waals surface area contributed by atoms with Crippen LogP contribution in [0.25, 0.3) is 0 Å². The second-order valence-corrected chi connectivity index (χ2v) is 8.51. The van der Waals surface area contributed by atoms with Gasteiger partial charge in [-0.25, -0.2) is 0 Å². The summed E-state index contributed by atoms with van der Waals surface area (Å²) in [5, 5.41) is 2.53. The van der Waals surface area contributed by atoms with E-state index in [1.807, 2.05) is 12.1 Å². The lowest BCUT2D eigenvalue weighted by Crippen LogP contribution is -2.43. The molecule has 0 aliphatic carbocycles. The highest BCUT2D eigenvalue weighted by Gasteiger charge is 2.52. The number of carbonyl (C=O) groups excluding carboxylic acids is 2. The van der Waals surface area contributed by atoms with E-state index in [1.165, 1.54) is 13.3 Å². The minimum Gasteiger partial charge on any atom is -0.493 e. The maximum atomic E-state index is 11.7. The van der Waals surface area contributed by atoms with Crippen LogP contribution in [0.2, 0.25) is 0 Å². The first-order valence-corrected chi connectivity index (χ1v) is 10.8. The van der Waals surface area contributed by atoms with E-state index in [0.29, 0.717) is 36.4 Å². The second-order valence-electron chi connectivity index (χ2n) is 6.88. The van der Waals surface area contributed by atoms with Crippen molar-refractivity contribution in [2.45, 2.75) is 31.8 Å². The number of nitrogens with one attached hydrogen (secondary N) is 1. The van der Waals surface area contributed by atoms with Gasteiger partial charge in [-0.3, -0.25) is 14.1 Å². The molecular formula is C19H22N2O8P+. The summed E-state index contributed by atoms with van der Waals surface area (Å²) in [6.45, 7) is 3.97. The zero-order valence-electron chi connectivity index (χ0n) is 16.3. The van der Waals surface area contributed by atoms with Crippen molar-refractivity contribution in [1.29, 1.82) is 0 Å². The van der Waals surface area contributed by atoms with Gasteiger partial charge in [0.05, 0.1) is 18.8 Å². The number of carbonyl (C=O) groups is 2. The topological polar surface area (TPSA) is 116 Å². The number of methoxy groups -OCH3 is 1. The van der Waals surface area contributed by atoms with E-state index in [-0.39, 0.29) is 24.9 Å². The number of benzene rings is 1. The third-order valence-corrected chi connectivity index (χ3v) is 6.27. The van der Waals surface area contributed by atoms with Crippen molar-refractivity contribution in [3.63, 3.8) is 0 Å². The Morgan fingerprint density at radius 3 is 3.03 bits per heavy atom. The van der Waals surface area contributed by atoms with Gasteiger partial charge in [-0.15, -0.1) is 9.05 Å². The summed E-state index contributed by atoms with van der Waals surface area (Å²) in [6, 6.07) is 5.35. The van der Waals surface area contributed by atoms with Crippen LogP contribution in [0.4, 0.5) is 0 Å². The number of para-hydroxylation sites is 1. The number of amides is 1. The average molecular weight is 437 g/mol. The van der Waals surface area contributed by atoms with Crippen LogP contribution in [-0.4, -0.2) is 48.0 Å². The van der Waals surface area contributed by atoms with Crippen molar-refractivity contribution in [3.8, 4) is 11.5 Å². The lowest BCUT2D eigenvalue weighted by molar-refractivity contribution is -0.120. The fraction of sp³-hybridized carbons (Fsp3) is 0.368. The molecule has 160 valence electrons. The molecule has 30 heavy (non-hydrogen) atoms. The van der Waals surface area contributed by atoms with Crippen LogP contribution >= 0.6 is 8.17 Å². The highest BCUT2D eigenvalue weighted by molar-refractivity contribution is 7.55. The fourth-order valence-electron chi connectivity index (χ4n) is 3.38. The molecule has 10 nitrogen and oxygen atoms in total. The molecule has 0 spiro atoms. The number of hydrogen-bond acceptors (Lipinski definition) is 9. The highest BCUT2D eigenvalue weighted by Crippen LogP contribution is 2.63. The standard InChI is InChI=1S/C19H21N2O8P/c1-12-20-19(23)14(9-22)8-21(12)17-7-6-15(28-17)11-27-30(24)26-10-13-4-3-5-16(25-2)18(13)29-30/h3-5,8-9,15,17,24H,1,6-7,10-11H2,2H3/p+1. The summed E-state index contributed by atoms with van der Waals surface area (Å²) in [6.07, 6.45) is 2.37. The minimum atomic E-state index is -3.58. The first-order valence-electron chi connectivity index (χ1n) is 9.30. The molecule has 2 N–H and O–H groups in total. The lowest BCUT2D eigenvalue weighted by Gasteiger charge is -2.32. The summed E-state index contributed by atoms with van der Waals surface area (Å²) < 4.78 is 27.9. The maximum absolute atomic E-state index is 11.7. The van der Waals surface area contributed by atoms with E-state index < -0.39 is 20.3 Å². The van der Waals surface area contributed by atoms with E-state index in [1.54, 1.807) is 11.0 Å². The molecule has 1 fully saturated rings. The van der Waals surface area contributed by atoms with Crippen LogP contribution in [0.1, 0.15) is 18.4 Å². The summed E-state index contributed by atoms with van der Waals surface area (Å²) in [5.74, 6) is 0.710. The van der Waals surface area contributed by atoms with Gasteiger partial charge >= 0.3 is 8.17 Å². The summed E-state index contributed by atoms with van der Waals surface area (Å²) in [5.41, 5.74) is 0.741. The van der Waals surface area contributed by atoms with Gasteiger partial charge in [0.15, 0.2) is 12.0 Å². The Labute approximate surface area is 173 Å². The van der Waals surface area contributed by atoms with E-state index in [9.17, 15) is 14.5 Å².